The molecule has 4 nitrogen and oxygen atoms in total. The lowest BCUT2D eigenvalue weighted by atomic mass is 9.88. The lowest BCUT2D eigenvalue weighted by molar-refractivity contribution is 0.0788. The van der Waals surface area contributed by atoms with E-state index >= 15 is 0 Å². The molecule has 1 unspecified atom stereocenters. The van der Waals surface area contributed by atoms with Gasteiger partial charge in [-0.1, -0.05) is 13.8 Å². The van der Waals surface area contributed by atoms with Crippen LogP contribution in [0.25, 0.3) is 0 Å². The van der Waals surface area contributed by atoms with Gasteiger partial charge in [0.05, 0.1) is 6.33 Å². The van der Waals surface area contributed by atoms with E-state index in [0.29, 0.717) is 11.6 Å². The Morgan fingerprint density at radius 1 is 1.32 bits per heavy atom. The molecule has 1 aliphatic rings. The predicted octanol–water partition coefficient (Wildman–Crippen LogP) is 2.13. The third kappa shape index (κ3) is 3.57. The first kappa shape index (κ1) is 14.5. The Labute approximate surface area is 117 Å². The summed E-state index contributed by atoms with van der Waals surface area (Å²) in [5.41, 5.74) is 0.335. The van der Waals surface area contributed by atoms with Crippen LogP contribution in [0.5, 0.6) is 0 Å². The Balaban J connectivity index is 1.83. The van der Waals surface area contributed by atoms with Crippen molar-refractivity contribution >= 4 is 0 Å². The first-order valence-electron chi connectivity index (χ1n) is 7.64. The van der Waals surface area contributed by atoms with Gasteiger partial charge in [-0.3, -0.25) is 4.90 Å². The van der Waals surface area contributed by atoms with Crippen LogP contribution in [0.3, 0.4) is 0 Å². The van der Waals surface area contributed by atoms with Gasteiger partial charge in [0.15, 0.2) is 0 Å². The van der Waals surface area contributed by atoms with Crippen molar-refractivity contribution in [3.05, 3.63) is 18.7 Å². The molecular weight excluding hydrogens is 236 g/mol. The van der Waals surface area contributed by atoms with E-state index in [1.54, 1.807) is 0 Å². The standard InChI is InChI=1S/C15H28N4/c1-4-15(5-2)12-19(14(3)11-17-15)9-6-8-18-10-7-16-13-18/h7,10,13-14,17H,4-6,8-9,11-12H2,1-3H3. The zero-order chi connectivity index (χ0) is 13.7. The summed E-state index contributed by atoms with van der Waals surface area (Å²) >= 11 is 0. The Bertz CT molecular complexity index is 356. The molecule has 4 heteroatoms. The smallest absolute Gasteiger partial charge is 0.0945 e. The molecule has 0 spiro atoms. The van der Waals surface area contributed by atoms with E-state index < -0.39 is 0 Å². The minimum Gasteiger partial charge on any atom is -0.337 e. The molecule has 1 aromatic rings. The molecule has 0 aromatic carbocycles. The van der Waals surface area contributed by atoms with Crippen LogP contribution in [0.1, 0.15) is 40.0 Å². The van der Waals surface area contributed by atoms with Crippen molar-refractivity contribution in [3.63, 3.8) is 0 Å². The molecule has 2 rings (SSSR count). The van der Waals surface area contributed by atoms with Gasteiger partial charge in [-0.25, -0.2) is 4.98 Å². The van der Waals surface area contributed by atoms with Gasteiger partial charge in [-0.2, -0.15) is 0 Å². The normalized spacial score (nSPS) is 23.6. The first-order valence-corrected chi connectivity index (χ1v) is 7.64. The third-order valence-corrected chi connectivity index (χ3v) is 4.68. The largest absolute Gasteiger partial charge is 0.337 e. The van der Waals surface area contributed by atoms with Crippen LogP contribution < -0.4 is 5.32 Å². The molecule has 108 valence electrons. The highest BCUT2D eigenvalue weighted by molar-refractivity contribution is 4.95. The molecule has 1 atom stereocenters. The maximum Gasteiger partial charge on any atom is 0.0945 e. The summed E-state index contributed by atoms with van der Waals surface area (Å²) in [5, 5.41) is 3.76. The van der Waals surface area contributed by atoms with E-state index in [1.165, 1.54) is 32.4 Å². The molecule has 0 aliphatic carbocycles. The maximum atomic E-state index is 4.09. The quantitative estimate of drug-likeness (QED) is 0.854. The Morgan fingerprint density at radius 2 is 2.11 bits per heavy atom. The predicted molar refractivity (Wildman–Crippen MR) is 79.2 cm³/mol. The van der Waals surface area contributed by atoms with Crippen LogP contribution in [0.4, 0.5) is 0 Å². The lowest BCUT2D eigenvalue weighted by Gasteiger charge is -2.46. The summed E-state index contributed by atoms with van der Waals surface area (Å²) in [7, 11) is 0. The van der Waals surface area contributed by atoms with Crippen molar-refractivity contribution in [3.8, 4) is 0 Å². The van der Waals surface area contributed by atoms with E-state index in [4.69, 9.17) is 0 Å². The Morgan fingerprint density at radius 3 is 2.74 bits per heavy atom. The third-order valence-electron chi connectivity index (χ3n) is 4.68. The van der Waals surface area contributed by atoms with Crippen LogP contribution in [0.15, 0.2) is 18.7 Å². The lowest BCUT2D eigenvalue weighted by Crippen LogP contribution is -2.63. The van der Waals surface area contributed by atoms with Gasteiger partial charge in [0.2, 0.25) is 0 Å². The monoisotopic (exact) mass is 264 g/mol. The molecule has 1 aromatic heterocycles. The van der Waals surface area contributed by atoms with Crippen LogP contribution >= 0.6 is 0 Å². The van der Waals surface area contributed by atoms with E-state index in [2.05, 4.69) is 40.5 Å². The number of nitrogens with zero attached hydrogens (tertiary/aromatic N) is 3. The zero-order valence-corrected chi connectivity index (χ0v) is 12.6. The Hall–Kier alpha value is -0.870. The fraction of sp³-hybridized carbons (Fsp3) is 0.800. The second kappa shape index (κ2) is 6.53. The van der Waals surface area contributed by atoms with E-state index in [1.807, 2.05) is 18.7 Å². The molecule has 1 saturated heterocycles. The Kier molecular flexibility index (Phi) is 4.99. The molecule has 0 bridgehead atoms. The summed E-state index contributed by atoms with van der Waals surface area (Å²) in [6, 6.07) is 0.647. The molecule has 2 heterocycles. The highest BCUT2D eigenvalue weighted by Gasteiger charge is 2.34. The van der Waals surface area contributed by atoms with Crippen molar-refractivity contribution in [1.82, 2.24) is 19.8 Å². The maximum absolute atomic E-state index is 4.09. The van der Waals surface area contributed by atoms with E-state index in [0.717, 1.165) is 13.1 Å². The molecule has 1 aliphatic heterocycles. The van der Waals surface area contributed by atoms with Crippen molar-refractivity contribution in [1.29, 1.82) is 0 Å². The van der Waals surface area contributed by atoms with Gasteiger partial charge in [-0.15, -0.1) is 0 Å². The minimum absolute atomic E-state index is 0.335. The fourth-order valence-corrected chi connectivity index (χ4v) is 2.99. The van der Waals surface area contributed by atoms with Gasteiger partial charge < -0.3 is 9.88 Å². The number of imidazole rings is 1. The fourth-order valence-electron chi connectivity index (χ4n) is 2.99. The molecule has 1 N–H and O–H groups in total. The minimum atomic E-state index is 0.335. The van der Waals surface area contributed by atoms with Crippen molar-refractivity contribution in [2.24, 2.45) is 0 Å². The topological polar surface area (TPSA) is 33.1 Å². The molecule has 0 saturated carbocycles. The highest BCUT2D eigenvalue weighted by atomic mass is 15.2. The zero-order valence-electron chi connectivity index (χ0n) is 12.6. The van der Waals surface area contributed by atoms with Crippen LogP contribution in [-0.2, 0) is 6.54 Å². The van der Waals surface area contributed by atoms with Gasteiger partial charge in [0.25, 0.3) is 0 Å². The average molecular weight is 264 g/mol. The number of aromatic nitrogens is 2. The SMILES string of the molecule is CCC1(CC)CN(CCCn2ccnc2)C(C)CN1. The molecule has 0 amide bonds. The first-order chi connectivity index (χ1) is 9.19. The second-order valence-corrected chi connectivity index (χ2v) is 5.84. The number of rotatable bonds is 6. The number of nitrogens with one attached hydrogen (secondary N) is 1. The summed E-state index contributed by atoms with van der Waals surface area (Å²) in [6.45, 7) is 11.5. The van der Waals surface area contributed by atoms with Crippen molar-refractivity contribution < 1.29 is 0 Å². The van der Waals surface area contributed by atoms with E-state index in [-0.39, 0.29) is 0 Å². The van der Waals surface area contributed by atoms with Gasteiger partial charge in [0, 0.05) is 50.2 Å². The molecule has 19 heavy (non-hydrogen) atoms. The summed E-state index contributed by atoms with van der Waals surface area (Å²) in [4.78, 5) is 6.74. The van der Waals surface area contributed by atoms with Crippen LogP contribution in [-0.4, -0.2) is 45.7 Å². The van der Waals surface area contributed by atoms with E-state index in [9.17, 15) is 0 Å². The summed E-state index contributed by atoms with van der Waals surface area (Å²) in [6.07, 6.45) is 9.44. The number of hydrogen-bond donors (Lipinski definition) is 1. The molecular formula is C15H28N4. The number of hydrogen-bond acceptors (Lipinski definition) is 3. The van der Waals surface area contributed by atoms with Gasteiger partial charge >= 0.3 is 0 Å². The molecule has 1 fully saturated rings. The van der Waals surface area contributed by atoms with Crippen molar-refractivity contribution in [2.75, 3.05) is 19.6 Å². The summed E-state index contributed by atoms with van der Waals surface area (Å²) in [5.74, 6) is 0. The number of piperazine rings is 1. The van der Waals surface area contributed by atoms with Gasteiger partial charge in [-0.05, 0) is 26.2 Å². The highest BCUT2D eigenvalue weighted by Crippen LogP contribution is 2.22. The number of aryl methyl sites for hydroxylation is 1. The second-order valence-electron chi connectivity index (χ2n) is 5.84. The summed E-state index contributed by atoms with van der Waals surface area (Å²) < 4.78 is 2.17. The molecule has 0 radical (unpaired) electrons. The van der Waals surface area contributed by atoms with Crippen molar-refractivity contribution in [2.45, 2.75) is 58.2 Å². The van der Waals surface area contributed by atoms with Gasteiger partial charge in [0.1, 0.15) is 0 Å². The average Bonchev–Trinajstić information content (AvgIpc) is 2.94. The van der Waals surface area contributed by atoms with Crippen LogP contribution in [0, 0.1) is 0 Å². The van der Waals surface area contributed by atoms with Crippen LogP contribution in [0.2, 0.25) is 0 Å².